The number of morpholine rings is 1. The van der Waals surface area contributed by atoms with Gasteiger partial charge in [0.15, 0.2) is 0 Å². The first-order valence-corrected chi connectivity index (χ1v) is 13.3. The van der Waals surface area contributed by atoms with Crippen molar-refractivity contribution in [2.75, 3.05) is 57.8 Å². The van der Waals surface area contributed by atoms with Gasteiger partial charge in [-0.15, -0.1) is 0 Å². The van der Waals surface area contributed by atoms with Crippen LogP contribution in [0.1, 0.15) is 18.1 Å². The lowest BCUT2D eigenvalue weighted by atomic mass is 10.1. The molecule has 0 aromatic heterocycles. The number of amides is 1. The minimum Gasteiger partial charge on any atom is -0.379 e. The molecule has 0 aliphatic carbocycles. The van der Waals surface area contributed by atoms with Crippen molar-refractivity contribution in [2.24, 2.45) is 0 Å². The molecule has 2 aromatic carbocycles. The molecule has 2 heterocycles. The van der Waals surface area contributed by atoms with E-state index in [1.165, 1.54) is 9.87 Å². The molecule has 9 heteroatoms. The van der Waals surface area contributed by atoms with E-state index in [2.05, 4.69) is 22.3 Å². The molecule has 34 heavy (non-hydrogen) atoms. The summed E-state index contributed by atoms with van der Waals surface area (Å²) in [6.07, 6.45) is 0. The molecule has 2 aliphatic rings. The first-order chi connectivity index (χ1) is 16.3. The standard InChI is InChI=1S/C25H34N4O4S/c1-20-8-9-23(18-24(20)34(31,32)29-14-16-33-17-15-29)26-21(2)25(30)28-12-10-27(11-13-28)19-22-6-4-3-5-7-22/h3-9,18,21,26H,10-17,19H2,1-2H3. The summed E-state index contributed by atoms with van der Waals surface area (Å²) in [6.45, 7) is 9.05. The molecule has 1 N–H and O–H groups in total. The number of sulfonamides is 1. The van der Waals surface area contributed by atoms with Crippen LogP contribution in [0, 0.1) is 6.92 Å². The number of carbonyl (C=O) groups is 1. The number of anilines is 1. The van der Waals surface area contributed by atoms with E-state index in [9.17, 15) is 13.2 Å². The van der Waals surface area contributed by atoms with Gasteiger partial charge in [0.25, 0.3) is 0 Å². The fourth-order valence-corrected chi connectivity index (χ4v) is 6.11. The summed E-state index contributed by atoms with van der Waals surface area (Å²) in [7, 11) is -3.61. The van der Waals surface area contributed by atoms with Crippen LogP contribution in [0.4, 0.5) is 5.69 Å². The molecular weight excluding hydrogens is 452 g/mol. The second kappa shape index (κ2) is 10.9. The van der Waals surface area contributed by atoms with Gasteiger partial charge in [0, 0.05) is 51.5 Å². The Balaban J connectivity index is 1.36. The molecule has 0 saturated carbocycles. The number of piperazine rings is 1. The summed E-state index contributed by atoms with van der Waals surface area (Å²) in [5, 5.41) is 3.22. The topological polar surface area (TPSA) is 82.2 Å². The SMILES string of the molecule is Cc1ccc(NC(C)C(=O)N2CCN(Cc3ccccc3)CC2)cc1S(=O)(=O)N1CCOCC1. The van der Waals surface area contributed by atoms with Gasteiger partial charge in [-0.3, -0.25) is 9.69 Å². The maximum atomic E-state index is 13.2. The van der Waals surface area contributed by atoms with E-state index in [-0.39, 0.29) is 10.8 Å². The fraction of sp³-hybridized carbons (Fsp3) is 0.480. The zero-order valence-electron chi connectivity index (χ0n) is 19.9. The maximum Gasteiger partial charge on any atom is 0.244 e. The van der Waals surface area contributed by atoms with Crippen LogP contribution in [0.15, 0.2) is 53.4 Å². The summed E-state index contributed by atoms with van der Waals surface area (Å²) >= 11 is 0. The number of nitrogens with zero attached hydrogens (tertiary/aromatic N) is 3. The van der Waals surface area contributed by atoms with Crippen molar-refractivity contribution in [3.63, 3.8) is 0 Å². The van der Waals surface area contributed by atoms with E-state index in [1.807, 2.05) is 36.1 Å². The van der Waals surface area contributed by atoms with E-state index in [0.717, 1.165) is 19.6 Å². The van der Waals surface area contributed by atoms with Crippen LogP contribution in [0.2, 0.25) is 0 Å². The van der Waals surface area contributed by atoms with Gasteiger partial charge in [-0.1, -0.05) is 36.4 Å². The highest BCUT2D eigenvalue weighted by atomic mass is 32.2. The Morgan fingerprint density at radius 3 is 2.35 bits per heavy atom. The molecule has 2 fully saturated rings. The monoisotopic (exact) mass is 486 g/mol. The number of aryl methyl sites for hydroxylation is 1. The van der Waals surface area contributed by atoms with E-state index in [4.69, 9.17) is 4.74 Å². The Hall–Kier alpha value is -2.46. The Morgan fingerprint density at radius 2 is 1.68 bits per heavy atom. The average molecular weight is 487 g/mol. The Kier molecular flexibility index (Phi) is 7.88. The van der Waals surface area contributed by atoms with E-state index >= 15 is 0 Å². The van der Waals surface area contributed by atoms with Crippen molar-refractivity contribution in [1.82, 2.24) is 14.1 Å². The predicted octanol–water partition coefficient (Wildman–Crippen LogP) is 2.16. The molecule has 0 spiro atoms. The van der Waals surface area contributed by atoms with Gasteiger partial charge >= 0.3 is 0 Å². The summed E-state index contributed by atoms with van der Waals surface area (Å²) < 4.78 is 33.1. The average Bonchev–Trinajstić information content (AvgIpc) is 2.86. The molecule has 1 atom stereocenters. The molecule has 4 rings (SSSR count). The smallest absolute Gasteiger partial charge is 0.244 e. The first-order valence-electron chi connectivity index (χ1n) is 11.8. The molecular formula is C25H34N4O4S. The van der Waals surface area contributed by atoms with Gasteiger partial charge in [0.05, 0.1) is 18.1 Å². The lowest BCUT2D eigenvalue weighted by Crippen LogP contribution is -2.51. The summed E-state index contributed by atoms with van der Waals surface area (Å²) in [4.78, 5) is 17.6. The first kappa shape index (κ1) is 24.7. The van der Waals surface area contributed by atoms with Crippen molar-refractivity contribution in [3.8, 4) is 0 Å². The Morgan fingerprint density at radius 1 is 1.00 bits per heavy atom. The van der Waals surface area contributed by atoms with Gasteiger partial charge in [0.1, 0.15) is 6.04 Å². The number of hydrogen-bond donors (Lipinski definition) is 1. The number of benzene rings is 2. The minimum absolute atomic E-state index is 0.0255. The van der Waals surface area contributed by atoms with Crippen LogP contribution in [0.5, 0.6) is 0 Å². The molecule has 1 amide bonds. The second-order valence-corrected chi connectivity index (χ2v) is 10.9. The largest absolute Gasteiger partial charge is 0.379 e. The molecule has 2 saturated heterocycles. The number of rotatable bonds is 7. The van der Waals surface area contributed by atoms with Gasteiger partial charge in [-0.05, 0) is 37.1 Å². The molecule has 1 unspecified atom stereocenters. The minimum atomic E-state index is -3.61. The number of hydrogen-bond acceptors (Lipinski definition) is 6. The Bertz CT molecular complexity index is 1080. The van der Waals surface area contributed by atoms with E-state index in [0.29, 0.717) is 50.6 Å². The fourth-order valence-electron chi connectivity index (χ4n) is 4.45. The maximum absolute atomic E-state index is 13.2. The van der Waals surface area contributed by atoms with Crippen LogP contribution in [-0.2, 0) is 26.1 Å². The highest BCUT2D eigenvalue weighted by Gasteiger charge is 2.29. The quantitative estimate of drug-likeness (QED) is 0.646. The van der Waals surface area contributed by atoms with Crippen LogP contribution >= 0.6 is 0 Å². The molecule has 0 radical (unpaired) electrons. The zero-order chi connectivity index (χ0) is 24.1. The van der Waals surface area contributed by atoms with Gasteiger partial charge in [-0.2, -0.15) is 4.31 Å². The van der Waals surface area contributed by atoms with Crippen LogP contribution in [-0.4, -0.2) is 87.0 Å². The zero-order valence-corrected chi connectivity index (χ0v) is 20.8. The van der Waals surface area contributed by atoms with Crippen molar-refractivity contribution >= 4 is 21.6 Å². The van der Waals surface area contributed by atoms with Gasteiger partial charge in [-0.25, -0.2) is 8.42 Å². The predicted molar refractivity (Wildman–Crippen MR) is 132 cm³/mol. The third kappa shape index (κ3) is 5.78. The second-order valence-electron chi connectivity index (χ2n) is 8.95. The number of carbonyl (C=O) groups excluding carboxylic acids is 1. The third-order valence-corrected chi connectivity index (χ3v) is 8.50. The normalized spacial score (nSPS) is 19.1. The molecule has 8 nitrogen and oxygen atoms in total. The van der Waals surface area contributed by atoms with E-state index in [1.54, 1.807) is 19.1 Å². The highest BCUT2D eigenvalue weighted by Crippen LogP contribution is 2.25. The third-order valence-electron chi connectivity index (χ3n) is 6.46. The summed E-state index contributed by atoms with van der Waals surface area (Å²) in [5.74, 6) is 0.0255. The van der Waals surface area contributed by atoms with Gasteiger partial charge in [0.2, 0.25) is 15.9 Å². The van der Waals surface area contributed by atoms with Gasteiger partial charge < -0.3 is 15.0 Å². The number of nitrogens with one attached hydrogen (secondary N) is 1. The van der Waals surface area contributed by atoms with E-state index < -0.39 is 16.1 Å². The van der Waals surface area contributed by atoms with Crippen LogP contribution in [0.3, 0.4) is 0 Å². The lowest BCUT2D eigenvalue weighted by Gasteiger charge is -2.36. The van der Waals surface area contributed by atoms with Crippen molar-refractivity contribution in [1.29, 1.82) is 0 Å². The number of ether oxygens (including phenoxy) is 1. The molecule has 0 bridgehead atoms. The van der Waals surface area contributed by atoms with Crippen molar-refractivity contribution < 1.29 is 17.9 Å². The molecule has 184 valence electrons. The van der Waals surface area contributed by atoms with Crippen LogP contribution < -0.4 is 5.32 Å². The van der Waals surface area contributed by atoms with Crippen molar-refractivity contribution in [2.45, 2.75) is 31.3 Å². The lowest BCUT2D eigenvalue weighted by molar-refractivity contribution is -0.133. The Labute approximate surface area is 202 Å². The summed E-state index contributed by atoms with van der Waals surface area (Å²) in [5.41, 5.74) is 2.59. The van der Waals surface area contributed by atoms with Crippen molar-refractivity contribution in [3.05, 3.63) is 59.7 Å². The van der Waals surface area contributed by atoms with Crippen LogP contribution in [0.25, 0.3) is 0 Å². The molecule has 2 aromatic rings. The highest BCUT2D eigenvalue weighted by molar-refractivity contribution is 7.89. The summed E-state index contributed by atoms with van der Waals surface area (Å²) in [6, 6.07) is 15.2. The molecule has 2 aliphatic heterocycles.